The highest BCUT2D eigenvalue weighted by molar-refractivity contribution is 9.10. The minimum atomic E-state index is -4.73. The Kier molecular flexibility index (Phi) is 3.84. The van der Waals surface area contributed by atoms with Crippen molar-refractivity contribution in [1.29, 1.82) is 0 Å². The van der Waals surface area contributed by atoms with Gasteiger partial charge in [-0.1, -0.05) is 0 Å². The quantitative estimate of drug-likeness (QED) is 0.931. The van der Waals surface area contributed by atoms with Crippen LogP contribution < -0.4 is 4.72 Å². The van der Waals surface area contributed by atoms with Gasteiger partial charge in [0.15, 0.2) is 0 Å². The molecule has 1 aromatic rings. The molecule has 0 spiro atoms. The Labute approximate surface area is 98.8 Å². The van der Waals surface area contributed by atoms with Crippen molar-refractivity contribution in [3.8, 4) is 0 Å². The van der Waals surface area contributed by atoms with E-state index in [0.29, 0.717) is 0 Å². The van der Waals surface area contributed by atoms with Crippen LogP contribution in [0.4, 0.5) is 18.9 Å². The first-order valence-electron chi connectivity index (χ1n) is 3.99. The van der Waals surface area contributed by atoms with Crippen molar-refractivity contribution in [2.45, 2.75) is 12.7 Å². The second kappa shape index (κ2) is 4.62. The van der Waals surface area contributed by atoms with E-state index in [2.05, 4.69) is 15.9 Å². The molecule has 90 valence electrons. The fraction of sp³-hybridized carbons (Fsp3) is 0.250. The van der Waals surface area contributed by atoms with Crippen molar-refractivity contribution in [2.75, 3.05) is 4.72 Å². The molecule has 0 radical (unpaired) electrons. The Bertz CT molecular complexity index is 504. The maximum atomic E-state index is 13.0. The van der Waals surface area contributed by atoms with E-state index in [-0.39, 0.29) is 15.7 Å². The van der Waals surface area contributed by atoms with Crippen LogP contribution in [-0.2, 0) is 10.0 Å². The van der Waals surface area contributed by atoms with Gasteiger partial charge >= 0.3 is 5.76 Å². The number of aryl methyl sites for hydroxylation is 1. The molecule has 0 aromatic heterocycles. The third-order valence-corrected chi connectivity index (χ3v) is 3.34. The Hall–Kier alpha value is -0.760. The van der Waals surface area contributed by atoms with Crippen LogP contribution in [0.3, 0.4) is 0 Å². The van der Waals surface area contributed by atoms with Crippen molar-refractivity contribution in [1.82, 2.24) is 0 Å². The van der Waals surface area contributed by atoms with Crippen LogP contribution in [-0.4, -0.2) is 14.2 Å². The highest BCUT2D eigenvalue weighted by Gasteiger charge is 2.24. The smallest absolute Gasteiger partial charge is 0.278 e. The summed E-state index contributed by atoms with van der Waals surface area (Å²) in [6.07, 6.45) is 0. The molecule has 8 heteroatoms. The molecule has 0 atom stereocenters. The highest BCUT2D eigenvalue weighted by Crippen LogP contribution is 2.25. The summed E-state index contributed by atoms with van der Waals surface area (Å²) in [4.78, 5) is 0. The summed E-state index contributed by atoms with van der Waals surface area (Å²) < 4.78 is 60.6. The summed E-state index contributed by atoms with van der Waals surface area (Å²) in [7, 11) is -4.73. The molecular weight excluding hydrogens is 311 g/mol. The van der Waals surface area contributed by atoms with Gasteiger partial charge in [0.25, 0.3) is 10.0 Å². The minimum absolute atomic E-state index is 0.00920. The molecule has 0 saturated heterocycles. The van der Waals surface area contributed by atoms with Crippen LogP contribution in [0, 0.1) is 12.7 Å². The van der Waals surface area contributed by atoms with Gasteiger partial charge in [-0.15, -0.1) is 0 Å². The second-order valence-electron chi connectivity index (χ2n) is 2.99. The van der Waals surface area contributed by atoms with Gasteiger partial charge in [0.2, 0.25) is 0 Å². The lowest BCUT2D eigenvalue weighted by molar-refractivity contribution is 0.236. The minimum Gasteiger partial charge on any atom is -0.278 e. The molecule has 1 aromatic carbocycles. The average Bonchev–Trinajstić information content (AvgIpc) is 2.13. The Morgan fingerprint density at radius 3 is 2.44 bits per heavy atom. The third kappa shape index (κ3) is 2.88. The van der Waals surface area contributed by atoms with Crippen molar-refractivity contribution in [2.24, 2.45) is 0 Å². The molecule has 0 aliphatic carbocycles. The summed E-state index contributed by atoms with van der Waals surface area (Å²) in [6.45, 7) is 1.40. The maximum Gasteiger partial charge on any atom is 0.355 e. The summed E-state index contributed by atoms with van der Waals surface area (Å²) in [6, 6.07) is 2.12. The molecule has 0 saturated carbocycles. The normalized spacial score (nSPS) is 11.9. The first-order valence-corrected chi connectivity index (χ1v) is 6.33. The molecule has 1 N–H and O–H groups in total. The Morgan fingerprint density at radius 2 is 1.94 bits per heavy atom. The molecule has 0 fully saturated rings. The van der Waals surface area contributed by atoms with Crippen LogP contribution in [0.5, 0.6) is 0 Å². The molecule has 3 nitrogen and oxygen atoms in total. The fourth-order valence-electron chi connectivity index (χ4n) is 0.954. The Balaban J connectivity index is 3.13. The van der Waals surface area contributed by atoms with Crippen molar-refractivity contribution >= 4 is 31.6 Å². The standard InChI is InChI=1S/C8H7BrF3NO2S/c1-4-2-6(10)5(9)3-7(4)13-16(14,15)8(11)12/h2-3,8,13H,1H3. The Morgan fingerprint density at radius 1 is 1.38 bits per heavy atom. The largest absolute Gasteiger partial charge is 0.355 e. The zero-order valence-electron chi connectivity index (χ0n) is 7.97. The molecule has 0 bridgehead atoms. The zero-order valence-corrected chi connectivity index (χ0v) is 10.4. The SMILES string of the molecule is Cc1cc(F)c(Br)cc1NS(=O)(=O)C(F)F. The maximum absolute atomic E-state index is 13.0. The summed E-state index contributed by atoms with van der Waals surface area (Å²) in [5.41, 5.74) is 0.124. The van der Waals surface area contributed by atoms with E-state index >= 15 is 0 Å². The lowest BCUT2D eigenvalue weighted by Gasteiger charge is -2.10. The van der Waals surface area contributed by atoms with Crippen molar-refractivity contribution < 1.29 is 21.6 Å². The molecule has 0 aliphatic rings. The average molecular weight is 318 g/mol. The van der Waals surface area contributed by atoms with Gasteiger partial charge in [0.05, 0.1) is 10.2 Å². The first kappa shape index (κ1) is 13.3. The van der Waals surface area contributed by atoms with Gasteiger partial charge in [-0.2, -0.15) is 8.78 Å². The monoisotopic (exact) mass is 317 g/mol. The van der Waals surface area contributed by atoms with Crippen LogP contribution in [0.25, 0.3) is 0 Å². The van der Waals surface area contributed by atoms with E-state index < -0.39 is 21.6 Å². The van der Waals surface area contributed by atoms with Gasteiger partial charge in [-0.3, -0.25) is 4.72 Å². The van der Waals surface area contributed by atoms with Gasteiger partial charge < -0.3 is 0 Å². The van der Waals surface area contributed by atoms with Crippen LogP contribution in [0.1, 0.15) is 5.56 Å². The number of rotatable bonds is 3. The van der Waals surface area contributed by atoms with Gasteiger partial charge in [0, 0.05) is 0 Å². The van der Waals surface area contributed by atoms with Crippen LogP contribution >= 0.6 is 15.9 Å². The highest BCUT2D eigenvalue weighted by atomic mass is 79.9. The number of hydrogen-bond acceptors (Lipinski definition) is 2. The van der Waals surface area contributed by atoms with E-state index in [0.717, 1.165) is 12.1 Å². The number of sulfonamides is 1. The van der Waals surface area contributed by atoms with Crippen LogP contribution in [0.15, 0.2) is 16.6 Å². The van der Waals surface area contributed by atoms with E-state index in [1.165, 1.54) is 6.92 Å². The van der Waals surface area contributed by atoms with Gasteiger partial charge in [-0.25, -0.2) is 12.8 Å². The third-order valence-electron chi connectivity index (χ3n) is 1.75. The molecule has 16 heavy (non-hydrogen) atoms. The predicted octanol–water partition coefficient (Wildman–Crippen LogP) is 2.86. The molecule has 1 rings (SSSR count). The number of benzene rings is 1. The van der Waals surface area contributed by atoms with Gasteiger partial charge in [0.1, 0.15) is 5.82 Å². The lowest BCUT2D eigenvalue weighted by atomic mass is 10.2. The number of anilines is 1. The summed E-state index contributed by atoms with van der Waals surface area (Å²) >= 11 is 2.83. The predicted molar refractivity (Wildman–Crippen MR) is 57.4 cm³/mol. The lowest BCUT2D eigenvalue weighted by Crippen LogP contribution is -2.21. The van der Waals surface area contributed by atoms with E-state index in [1.807, 2.05) is 0 Å². The molecule has 0 unspecified atom stereocenters. The number of hydrogen-bond donors (Lipinski definition) is 1. The number of alkyl halides is 2. The summed E-state index contributed by atoms with van der Waals surface area (Å²) in [5, 5.41) is 0. The van der Waals surface area contributed by atoms with Crippen LogP contribution in [0.2, 0.25) is 0 Å². The molecule has 0 heterocycles. The molecule has 0 amide bonds. The number of halogens is 4. The van der Waals surface area contributed by atoms with E-state index in [4.69, 9.17) is 0 Å². The molecule has 0 aliphatic heterocycles. The number of nitrogens with one attached hydrogen (secondary N) is 1. The topological polar surface area (TPSA) is 46.2 Å². The van der Waals surface area contributed by atoms with E-state index in [9.17, 15) is 21.6 Å². The van der Waals surface area contributed by atoms with E-state index in [1.54, 1.807) is 4.72 Å². The molecular formula is C8H7BrF3NO2S. The van der Waals surface area contributed by atoms with Crippen molar-refractivity contribution in [3.05, 3.63) is 28.0 Å². The van der Waals surface area contributed by atoms with Gasteiger partial charge in [-0.05, 0) is 40.5 Å². The zero-order chi connectivity index (χ0) is 12.5. The summed E-state index contributed by atoms with van der Waals surface area (Å²) in [5.74, 6) is -4.13. The van der Waals surface area contributed by atoms with Crippen molar-refractivity contribution in [3.63, 3.8) is 0 Å². The fourth-order valence-corrected chi connectivity index (χ4v) is 1.91. The second-order valence-corrected chi connectivity index (χ2v) is 5.49. The first-order chi connectivity index (χ1) is 7.24.